The lowest BCUT2D eigenvalue weighted by Gasteiger charge is -2.37. The number of ether oxygens (including phenoxy) is 2. The molecule has 2 fully saturated rings. The van der Waals surface area contributed by atoms with E-state index in [1.165, 1.54) is 22.7 Å². The molecule has 2 aromatic heterocycles. The topological polar surface area (TPSA) is 99.5 Å². The maximum atomic E-state index is 13.7. The van der Waals surface area contributed by atoms with Crippen molar-refractivity contribution < 1.29 is 38.1 Å². The fraction of sp³-hybridized carbons (Fsp3) is 0.288. The number of rotatable bonds is 18. The van der Waals surface area contributed by atoms with Crippen LogP contribution in [0.5, 0.6) is 23.0 Å². The Morgan fingerprint density at radius 1 is 0.583 bits per heavy atom. The third-order valence-electron chi connectivity index (χ3n) is 13.4. The number of hydrogen-bond acceptors (Lipinski definition) is 10. The van der Waals surface area contributed by atoms with Crippen molar-refractivity contribution in [2.75, 3.05) is 65.8 Å². The molecule has 372 valence electrons. The van der Waals surface area contributed by atoms with Crippen LogP contribution >= 0.6 is 34.3 Å². The summed E-state index contributed by atoms with van der Waals surface area (Å²) in [7, 11) is 0. The summed E-state index contributed by atoms with van der Waals surface area (Å²) in [4.78, 5) is 33.1. The first-order chi connectivity index (χ1) is 34.8. The molecule has 72 heavy (non-hydrogen) atoms. The summed E-state index contributed by atoms with van der Waals surface area (Å²) in [5.74, 6) is 2.20. The maximum absolute atomic E-state index is 13.7. The van der Waals surface area contributed by atoms with Crippen LogP contribution in [0.4, 0.5) is 8.78 Å². The van der Waals surface area contributed by atoms with Gasteiger partial charge < -0.3 is 29.5 Å². The zero-order chi connectivity index (χ0) is 50.5. The monoisotopic (exact) mass is 1030 g/mol. The number of aryl methyl sites for hydroxylation is 3. The Morgan fingerprint density at radius 3 is 1.51 bits per heavy atom. The average molecular weight is 1030 g/mol. The van der Waals surface area contributed by atoms with E-state index in [2.05, 4.69) is 9.80 Å². The first-order valence-corrected chi connectivity index (χ1v) is 26.3. The van der Waals surface area contributed by atoms with Crippen LogP contribution in [0.1, 0.15) is 60.0 Å². The van der Waals surface area contributed by atoms with Crippen molar-refractivity contribution >= 4 is 66.0 Å². The van der Waals surface area contributed by atoms with Gasteiger partial charge >= 0.3 is 0 Å². The van der Waals surface area contributed by atoms with Gasteiger partial charge in [0.1, 0.15) is 23.0 Å². The van der Waals surface area contributed by atoms with E-state index in [-0.39, 0.29) is 48.3 Å². The molecule has 0 amide bonds. The molecule has 10 rings (SSSR count). The van der Waals surface area contributed by atoms with Gasteiger partial charge in [0.2, 0.25) is 11.6 Å². The van der Waals surface area contributed by atoms with Crippen molar-refractivity contribution in [1.29, 1.82) is 0 Å². The molecule has 2 aliphatic rings. The molecule has 13 heteroatoms. The fourth-order valence-electron chi connectivity index (χ4n) is 9.52. The number of halogens is 3. The number of carbonyl (C=O) groups excluding carboxylic acids is 2. The SMILES string of the molecule is Cc1ccc(C(=O)c2sc3cc(O)ccc3c2-c2ccc(OCCCN3CC(CF)C3)cc2)c(C)c1.Cc1ccc(Cl)cc1C(=O)c1sc2cc(O)ccc2c1-c1ccc(OCCCN2CC(CF)C2)cc1. The number of carbonyl (C=O) groups is 2. The van der Waals surface area contributed by atoms with Crippen LogP contribution in [0, 0.1) is 32.6 Å². The molecule has 8 aromatic rings. The summed E-state index contributed by atoms with van der Waals surface area (Å²) in [6.45, 7) is 11.8. The molecule has 0 aliphatic carbocycles. The van der Waals surface area contributed by atoms with Crippen LogP contribution in [0.15, 0.2) is 121 Å². The first kappa shape index (κ1) is 50.8. The summed E-state index contributed by atoms with van der Waals surface area (Å²) in [6, 6.07) is 37.3. The van der Waals surface area contributed by atoms with E-state index < -0.39 is 0 Å². The van der Waals surface area contributed by atoms with E-state index in [9.17, 15) is 28.6 Å². The van der Waals surface area contributed by atoms with E-state index in [1.807, 2.05) is 106 Å². The van der Waals surface area contributed by atoms with Crippen molar-refractivity contribution in [2.24, 2.45) is 11.8 Å². The van der Waals surface area contributed by atoms with Gasteiger partial charge in [0.25, 0.3) is 0 Å². The molecular formula is C59H57ClF2N2O6S2. The molecule has 4 heterocycles. The molecule has 2 aliphatic heterocycles. The molecule has 0 radical (unpaired) electrons. The lowest BCUT2D eigenvalue weighted by atomic mass is 9.95. The molecule has 0 spiro atoms. The third kappa shape index (κ3) is 11.5. The maximum Gasteiger partial charge on any atom is 0.203 e. The zero-order valence-corrected chi connectivity index (χ0v) is 42.9. The van der Waals surface area contributed by atoms with Gasteiger partial charge in [-0.05, 0) is 129 Å². The Balaban J connectivity index is 0.000000178. The molecule has 2 saturated heterocycles. The Hall–Kier alpha value is -6.15. The Labute approximate surface area is 432 Å². The van der Waals surface area contributed by atoms with Crippen molar-refractivity contribution in [1.82, 2.24) is 9.80 Å². The second-order valence-corrected chi connectivity index (χ2v) is 21.5. The predicted octanol–water partition coefficient (Wildman–Crippen LogP) is 13.9. The molecule has 0 unspecified atom stereocenters. The Bertz CT molecular complexity index is 3220. The van der Waals surface area contributed by atoms with Crippen molar-refractivity contribution in [3.8, 4) is 45.3 Å². The van der Waals surface area contributed by atoms with Crippen LogP contribution in [0.3, 0.4) is 0 Å². The molecule has 0 atom stereocenters. The quantitative estimate of drug-likeness (QED) is 0.0648. The number of hydrogen-bond donors (Lipinski definition) is 2. The minimum atomic E-state index is -0.230. The number of phenolic OH excluding ortho intramolecular Hbond substituents is 2. The fourth-order valence-corrected chi connectivity index (χ4v) is 12.1. The van der Waals surface area contributed by atoms with E-state index in [0.717, 1.165) is 123 Å². The average Bonchev–Trinajstić information content (AvgIpc) is 3.92. The zero-order valence-electron chi connectivity index (χ0n) is 40.6. The summed E-state index contributed by atoms with van der Waals surface area (Å²) < 4.78 is 38.7. The number of ketones is 2. The number of phenols is 2. The minimum Gasteiger partial charge on any atom is -0.508 e. The van der Waals surface area contributed by atoms with Gasteiger partial charge in [-0.15, -0.1) is 22.7 Å². The highest BCUT2D eigenvalue weighted by Gasteiger charge is 2.28. The van der Waals surface area contributed by atoms with Crippen LogP contribution in [0.25, 0.3) is 42.4 Å². The highest BCUT2D eigenvalue weighted by Crippen LogP contribution is 2.44. The number of alkyl halides is 2. The molecule has 8 nitrogen and oxygen atoms in total. The standard InChI is InChI=1S/C30H30FNO3S.C29H27ClFNO3S/c1-19-4-10-25(20(2)14-19)29(34)30-28(26-11-7-23(33)15-27(26)36-30)22-5-8-24(9-6-22)35-13-3-12-32-17-21(16-31)18-32;1-18-3-6-21(30)13-25(18)28(34)29-27(24-10-7-22(33)14-26(24)36-29)20-4-8-23(9-5-20)35-12-2-11-32-16-19(15-31)17-32/h4-11,14-15,21,33H,3,12-13,16-18H2,1-2H3;3-10,13-14,19,33H,2,11-12,15-17H2,1H3. The van der Waals surface area contributed by atoms with Crippen LogP contribution < -0.4 is 9.47 Å². The Kier molecular flexibility index (Phi) is 16.0. The first-order valence-electron chi connectivity index (χ1n) is 24.3. The van der Waals surface area contributed by atoms with Crippen LogP contribution in [-0.2, 0) is 0 Å². The van der Waals surface area contributed by atoms with Gasteiger partial charge in [-0.3, -0.25) is 18.4 Å². The van der Waals surface area contributed by atoms with E-state index >= 15 is 0 Å². The second-order valence-electron chi connectivity index (χ2n) is 18.9. The lowest BCUT2D eigenvalue weighted by molar-refractivity contribution is 0.0755. The highest BCUT2D eigenvalue weighted by atomic mass is 35.5. The van der Waals surface area contributed by atoms with E-state index in [0.29, 0.717) is 39.1 Å². The summed E-state index contributed by atoms with van der Waals surface area (Å²) in [5.41, 5.74) is 7.75. The molecule has 0 saturated carbocycles. The number of nitrogens with zero attached hydrogens (tertiary/aromatic N) is 2. The van der Waals surface area contributed by atoms with Gasteiger partial charge in [0, 0.05) is 98.6 Å². The minimum absolute atomic E-state index is 0.00971. The number of aromatic hydroxyl groups is 2. The van der Waals surface area contributed by atoms with Gasteiger partial charge in [0.15, 0.2) is 0 Å². The number of benzene rings is 6. The summed E-state index contributed by atoms with van der Waals surface area (Å²) in [6.07, 6.45) is 1.78. The van der Waals surface area contributed by atoms with Gasteiger partial charge in [-0.1, -0.05) is 65.7 Å². The third-order valence-corrected chi connectivity index (χ3v) is 15.9. The smallest absolute Gasteiger partial charge is 0.203 e. The second kappa shape index (κ2) is 22.7. The summed E-state index contributed by atoms with van der Waals surface area (Å²) in [5, 5.41) is 22.4. The van der Waals surface area contributed by atoms with E-state index in [4.69, 9.17) is 21.1 Å². The molecule has 6 aromatic carbocycles. The molecular weight excluding hydrogens is 970 g/mol. The highest BCUT2D eigenvalue weighted by molar-refractivity contribution is 7.22. The molecule has 2 N–H and O–H groups in total. The number of likely N-dealkylation sites (tertiary alicyclic amines) is 2. The largest absolute Gasteiger partial charge is 0.508 e. The van der Waals surface area contributed by atoms with Crippen molar-refractivity contribution in [3.63, 3.8) is 0 Å². The lowest BCUT2D eigenvalue weighted by Crippen LogP contribution is -2.48. The van der Waals surface area contributed by atoms with Gasteiger partial charge in [-0.2, -0.15) is 0 Å². The summed E-state index contributed by atoms with van der Waals surface area (Å²) >= 11 is 8.99. The Morgan fingerprint density at radius 2 is 1.06 bits per heavy atom. The van der Waals surface area contributed by atoms with E-state index in [1.54, 1.807) is 36.4 Å². The van der Waals surface area contributed by atoms with Crippen molar-refractivity contribution in [3.05, 3.63) is 164 Å². The van der Waals surface area contributed by atoms with Crippen molar-refractivity contribution in [2.45, 2.75) is 33.6 Å². The predicted molar refractivity (Wildman–Crippen MR) is 289 cm³/mol. The number of fused-ring (bicyclic) bond motifs is 2. The number of thiophene rings is 2. The van der Waals surface area contributed by atoms with Crippen LogP contribution in [0.2, 0.25) is 5.02 Å². The normalized spacial score (nSPS) is 14.2. The van der Waals surface area contributed by atoms with Gasteiger partial charge in [0.05, 0.1) is 36.3 Å². The molecule has 0 bridgehead atoms. The van der Waals surface area contributed by atoms with Crippen LogP contribution in [-0.4, -0.2) is 97.4 Å². The van der Waals surface area contributed by atoms with Gasteiger partial charge in [-0.25, -0.2) is 0 Å².